The Bertz CT molecular complexity index is 742. The molecule has 0 saturated heterocycles. The molecule has 0 aliphatic carbocycles. The van der Waals surface area contributed by atoms with E-state index in [1.807, 2.05) is 0 Å². The third kappa shape index (κ3) is 3.09. The van der Waals surface area contributed by atoms with Crippen molar-refractivity contribution in [3.8, 4) is 0 Å². The van der Waals surface area contributed by atoms with E-state index in [1.54, 1.807) is 25.3 Å². The van der Waals surface area contributed by atoms with Crippen LogP contribution in [0.4, 0.5) is 5.69 Å². The minimum absolute atomic E-state index is 0.0285. The van der Waals surface area contributed by atoms with Crippen LogP contribution in [0.3, 0.4) is 0 Å². The molecule has 2 heterocycles. The molecule has 0 aromatic carbocycles. The maximum atomic E-state index is 12.2. The van der Waals surface area contributed by atoms with E-state index in [2.05, 4.69) is 14.7 Å². The van der Waals surface area contributed by atoms with Gasteiger partial charge in [0.2, 0.25) is 0 Å². The summed E-state index contributed by atoms with van der Waals surface area (Å²) in [5.41, 5.74) is 6.79. The number of sulfonamides is 1. The SMILES string of the molecule is Cc1ncccc1NS(=O)(=O)c1ccc(C(N)=S)nc1. The van der Waals surface area contributed by atoms with Crippen LogP contribution in [-0.4, -0.2) is 23.4 Å². The van der Waals surface area contributed by atoms with Gasteiger partial charge in [0.25, 0.3) is 10.0 Å². The number of rotatable bonds is 4. The largest absolute Gasteiger partial charge is 0.388 e. The third-order valence-electron chi connectivity index (χ3n) is 2.55. The lowest BCUT2D eigenvalue weighted by Crippen LogP contribution is -2.16. The zero-order valence-electron chi connectivity index (χ0n) is 10.6. The first-order valence-corrected chi connectivity index (χ1v) is 7.49. The fourth-order valence-corrected chi connectivity index (χ4v) is 2.66. The molecule has 0 unspecified atom stereocenters. The van der Waals surface area contributed by atoms with Crippen molar-refractivity contribution >= 4 is 32.9 Å². The van der Waals surface area contributed by atoms with Gasteiger partial charge in [0.1, 0.15) is 9.88 Å². The summed E-state index contributed by atoms with van der Waals surface area (Å²) in [4.78, 5) is 8.07. The zero-order chi connectivity index (χ0) is 14.8. The van der Waals surface area contributed by atoms with Gasteiger partial charge in [-0.15, -0.1) is 0 Å². The average Bonchev–Trinajstić information content (AvgIpc) is 2.41. The summed E-state index contributed by atoms with van der Waals surface area (Å²) in [6, 6.07) is 6.15. The Morgan fingerprint density at radius 1 is 1.30 bits per heavy atom. The molecular weight excluding hydrogens is 296 g/mol. The quantitative estimate of drug-likeness (QED) is 0.824. The lowest BCUT2D eigenvalue weighted by molar-refractivity contribution is 0.600. The topological polar surface area (TPSA) is 98.0 Å². The van der Waals surface area contributed by atoms with Crippen molar-refractivity contribution in [3.05, 3.63) is 48.0 Å². The van der Waals surface area contributed by atoms with Gasteiger partial charge in [-0.3, -0.25) is 14.7 Å². The van der Waals surface area contributed by atoms with Gasteiger partial charge < -0.3 is 5.73 Å². The van der Waals surface area contributed by atoms with Crippen molar-refractivity contribution in [2.24, 2.45) is 5.73 Å². The molecule has 0 saturated carbocycles. The lowest BCUT2D eigenvalue weighted by Gasteiger charge is -2.09. The van der Waals surface area contributed by atoms with Gasteiger partial charge in [0.15, 0.2) is 0 Å². The molecule has 0 radical (unpaired) electrons. The van der Waals surface area contributed by atoms with Crippen LogP contribution in [0.2, 0.25) is 0 Å². The first-order valence-electron chi connectivity index (χ1n) is 5.60. The maximum Gasteiger partial charge on any atom is 0.263 e. The van der Waals surface area contributed by atoms with Crippen molar-refractivity contribution in [2.75, 3.05) is 4.72 Å². The molecule has 0 bridgehead atoms. The van der Waals surface area contributed by atoms with E-state index in [0.717, 1.165) is 0 Å². The van der Waals surface area contributed by atoms with Crippen LogP contribution in [0.15, 0.2) is 41.6 Å². The monoisotopic (exact) mass is 308 g/mol. The highest BCUT2D eigenvalue weighted by molar-refractivity contribution is 7.92. The molecule has 104 valence electrons. The highest BCUT2D eigenvalue weighted by Crippen LogP contribution is 2.17. The number of hydrogen-bond acceptors (Lipinski definition) is 5. The molecule has 2 rings (SSSR count). The van der Waals surface area contributed by atoms with Crippen molar-refractivity contribution in [2.45, 2.75) is 11.8 Å². The van der Waals surface area contributed by atoms with Gasteiger partial charge in [0, 0.05) is 12.4 Å². The van der Waals surface area contributed by atoms with Crippen molar-refractivity contribution in [3.63, 3.8) is 0 Å². The minimum Gasteiger partial charge on any atom is -0.388 e. The Morgan fingerprint density at radius 3 is 2.60 bits per heavy atom. The minimum atomic E-state index is -3.71. The van der Waals surface area contributed by atoms with Crippen LogP contribution in [0.5, 0.6) is 0 Å². The van der Waals surface area contributed by atoms with E-state index >= 15 is 0 Å². The number of pyridine rings is 2. The second-order valence-electron chi connectivity index (χ2n) is 3.99. The molecule has 2 aromatic rings. The Morgan fingerprint density at radius 2 is 2.05 bits per heavy atom. The first kappa shape index (κ1) is 14.4. The first-order chi connectivity index (χ1) is 9.40. The second-order valence-corrected chi connectivity index (χ2v) is 6.11. The smallest absolute Gasteiger partial charge is 0.263 e. The van der Waals surface area contributed by atoms with E-state index < -0.39 is 10.0 Å². The van der Waals surface area contributed by atoms with Gasteiger partial charge >= 0.3 is 0 Å². The van der Waals surface area contributed by atoms with Crippen LogP contribution < -0.4 is 10.5 Å². The molecule has 0 amide bonds. The summed E-state index contributed by atoms with van der Waals surface area (Å²) in [5.74, 6) is 0. The van der Waals surface area contributed by atoms with E-state index in [0.29, 0.717) is 17.1 Å². The Balaban J connectivity index is 2.31. The number of nitrogens with one attached hydrogen (secondary N) is 1. The van der Waals surface area contributed by atoms with Crippen LogP contribution >= 0.6 is 12.2 Å². The highest BCUT2D eigenvalue weighted by atomic mass is 32.2. The number of anilines is 1. The summed E-state index contributed by atoms with van der Waals surface area (Å²) in [6.07, 6.45) is 2.80. The third-order valence-corrected chi connectivity index (χ3v) is 4.11. The van der Waals surface area contributed by atoms with E-state index in [4.69, 9.17) is 18.0 Å². The fraction of sp³-hybridized carbons (Fsp3) is 0.0833. The molecule has 0 fully saturated rings. The lowest BCUT2D eigenvalue weighted by atomic mass is 10.3. The normalized spacial score (nSPS) is 11.1. The van der Waals surface area contributed by atoms with Crippen LogP contribution in [-0.2, 0) is 10.0 Å². The Hall–Kier alpha value is -2.06. The average molecular weight is 308 g/mol. The molecule has 20 heavy (non-hydrogen) atoms. The molecular formula is C12H12N4O2S2. The van der Waals surface area contributed by atoms with Gasteiger partial charge in [-0.25, -0.2) is 8.42 Å². The van der Waals surface area contributed by atoms with E-state index in [9.17, 15) is 8.42 Å². The summed E-state index contributed by atoms with van der Waals surface area (Å²) < 4.78 is 26.8. The molecule has 0 spiro atoms. The molecule has 3 N–H and O–H groups in total. The summed E-state index contributed by atoms with van der Waals surface area (Å²) in [5, 5.41) is 0. The highest BCUT2D eigenvalue weighted by Gasteiger charge is 2.16. The molecule has 8 heteroatoms. The van der Waals surface area contributed by atoms with E-state index in [-0.39, 0.29) is 9.88 Å². The van der Waals surface area contributed by atoms with Crippen LogP contribution in [0, 0.1) is 6.92 Å². The number of nitrogens with two attached hydrogens (primary N) is 1. The summed E-state index contributed by atoms with van der Waals surface area (Å²) in [7, 11) is -3.71. The van der Waals surface area contributed by atoms with Gasteiger partial charge in [0.05, 0.1) is 17.1 Å². The maximum absolute atomic E-state index is 12.2. The zero-order valence-corrected chi connectivity index (χ0v) is 12.2. The Labute approximate surface area is 122 Å². The molecule has 0 aliphatic rings. The number of hydrogen-bond donors (Lipinski definition) is 2. The summed E-state index contributed by atoms with van der Waals surface area (Å²) in [6.45, 7) is 1.71. The Kier molecular flexibility index (Phi) is 3.96. The van der Waals surface area contributed by atoms with Crippen molar-refractivity contribution < 1.29 is 8.42 Å². The standard InChI is InChI=1S/C12H12N4O2S2/c1-8-10(3-2-6-14-8)16-20(17,18)9-4-5-11(12(13)19)15-7-9/h2-7,16H,1H3,(H2,13,19). The number of aromatic nitrogens is 2. The second kappa shape index (κ2) is 5.51. The fourth-order valence-electron chi connectivity index (χ4n) is 1.48. The van der Waals surface area contributed by atoms with Gasteiger partial charge in [-0.05, 0) is 31.2 Å². The van der Waals surface area contributed by atoms with Crippen molar-refractivity contribution in [1.29, 1.82) is 0 Å². The van der Waals surface area contributed by atoms with E-state index in [1.165, 1.54) is 18.3 Å². The number of aryl methyl sites for hydroxylation is 1. The molecule has 0 aliphatic heterocycles. The van der Waals surface area contributed by atoms with Gasteiger partial charge in [-0.2, -0.15) is 0 Å². The van der Waals surface area contributed by atoms with Gasteiger partial charge in [-0.1, -0.05) is 12.2 Å². The van der Waals surface area contributed by atoms with Crippen LogP contribution in [0.1, 0.15) is 11.4 Å². The summed E-state index contributed by atoms with van der Waals surface area (Å²) >= 11 is 4.76. The number of thiocarbonyl (C=S) groups is 1. The predicted octanol–water partition coefficient (Wildman–Crippen LogP) is 1.22. The molecule has 2 aromatic heterocycles. The predicted molar refractivity (Wildman–Crippen MR) is 79.9 cm³/mol. The van der Waals surface area contributed by atoms with Crippen molar-refractivity contribution in [1.82, 2.24) is 9.97 Å². The number of nitrogens with zero attached hydrogens (tertiary/aromatic N) is 2. The van der Waals surface area contributed by atoms with Crippen LogP contribution in [0.25, 0.3) is 0 Å². The molecule has 6 nitrogen and oxygen atoms in total. The molecule has 0 atom stereocenters.